The Morgan fingerprint density at radius 2 is 1.39 bits per heavy atom. The van der Waals surface area contributed by atoms with Gasteiger partial charge in [-0.05, 0) is 41.1 Å². The molecule has 4 aromatic carbocycles. The van der Waals surface area contributed by atoms with Crippen LogP contribution in [0.5, 0.6) is 0 Å². The lowest BCUT2D eigenvalue weighted by molar-refractivity contribution is -0.650. The van der Waals surface area contributed by atoms with E-state index in [0.29, 0.717) is 0 Å². The van der Waals surface area contributed by atoms with Crippen molar-refractivity contribution < 1.29 is 4.57 Å². The van der Waals surface area contributed by atoms with Gasteiger partial charge in [0.25, 0.3) is 0 Å². The van der Waals surface area contributed by atoms with Gasteiger partial charge in [0.1, 0.15) is 5.69 Å². The number of rotatable bonds is 2. The summed E-state index contributed by atoms with van der Waals surface area (Å²) in [6.45, 7) is 2.15. The number of aromatic nitrogens is 2. The SMILES string of the molecule is Cc1ccccc1-c1nc2c(ccc3ccccc32)c(-c2ccccc2)[n+]1C. The highest BCUT2D eigenvalue weighted by Gasteiger charge is 2.24. The van der Waals surface area contributed by atoms with Crippen LogP contribution in [0.1, 0.15) is 5.56 Å². The first-order chi connectivity index (χ1) is 13.7. The molecule has 0 radical (unpaired) electrons. The summed E-state index contributed by atoms with van der Waals surface area (Å²) in [6, 6.07) is 31.9. The molecule has 28 heavy (non-hydrogen) atoms. The third-order valence-corrected chi connectivity index (χ3v) is 5.46. The van der Waals surface area contributed by atoms with Crippen molar-refractivity contribution in [3.05, 3.63) is 96.6 Å². The van der Waals surface area contributed by atoms with Crippen LogP contribution in [0.4, 0.5) is 0 Å². The quantitative estimate of drug-likeness (QED) is 0.284. The van der Waals surface area contributed by atoms with Crippen molar-refractivity contribution >= 4 is 21.7 Å². The molecule has 0 amide bonds. The Morgan fingerprint density at radius 3 is 2.21 bits per heavy atom. The Morgan fingerprint density at radius 1 is 0.679 bits per heavy atom. The predicted molar refractivity (Wildman–Crippen MR) is 116 cm³/mol. The fourth-order valence-corrected chi connectivity index (χ4v) is 4.04. The molecule has 0 aliphatic heterocycles. The summed E-state index contributed by atoms with van der Waals surface area (Å²) in [5.74, 6) is 0.987. The Kier molecular flexibility index (Phi) is 3.91. The van der Waals surface area contributed by atoms with Gasteiger partial charge in [-0.25, -0.2) is 4.57 Å². The molecule has 0 bridgehead atoms. The molecule has 0 unspecified atom stereocenters. The first-order valence-electron chi connectivity index (χ1n) is 9.57. The molecule has 0 aliphatic carbocycles. The smallest absolute Gasteiger partial charge is 0.225 e. The molecule has 0 saturated carbocycles. The van der Waals surface area contributed by atoms with Crippen molar-refractivity contribution in [2.75, 3.05) is 0 Å². The molecule has 0 N–H and O–H groups in total. The third-order valence-electron chi connectivity index (χ3n) is 5.46. The Labute approximate surface area is 164 Å². The Bertz CT molecular complexity index is 1320. The summed E-state index contributed by atoms with van der Waals surface area (Å²) in [5.41, 5.74) is 5.83. The minimum Gasteiger partial charge on any atom is -0.225 e. The summed E-state index contributed by atoms with van der Waals surface area (Å²) in [5, 5.41) is 3.57. The number of aryl methyl sites for hydroxylation is 1. The van der Waals surface area contributed by atoms with E-state index in [9.17, 15) is 0 Å². The third kappa shape index (κ3) is 2.57. The zero-order valence-electron chi connectivity index (χ0n) is 16.1. The summed E-state index contributed by atoms with van der Waals surface area (Å²) in [6.07, 6.45) is 0. The van der Waals surface area contributed by atoms with Crippen LogP contribution < -0.4 is 4.57 Å². The maximum absolute atomic E-state index is 5.18. The standard InChI is InChI=1S/C26H21N2/c1-18-10-6-8-14-21(18)26-27-24-22-15-9-7-11-19(22)16-17-23(24)25(28(26)2)20-12-4-3-5-13-20/h3-17H,1-2H3/q+1. The summed E-state index contributed by atoms with van der Waals surface area (Å²) < 4.78 is 2.23. The molecule has 134 valence electrons. The number of fused-ring (bicyclic) bond motifs is 3. The van der Waals surface area contributed by atoms with Crippen LogP contribution in [0.25, 0.3) is 44.3 Å². The lowest BCUT2D eigenvalue weighted by Crippen LogP contribution is -2.35. The fourth-order valence-electron chi connectivity index (χ4n) is 4.04. The second kappa shape index (κ2) is 6.58. The summed E-state index contributed by atoms with van der Waals surface area (Å²) >= 11 is 0. The first-order valence-corrected chi connectivity index (χ1v) is 9.57. The maximum atomic E-state index is 5.18. The van der Waals surface area contributed by atoms with E-state index in [-0.39, 0.29) is 0 Å². The number of hydrogen-bond acceptors (Lipinski definition) is 1. The molecule has 0 aliphatic rings. The van der Waals surface area contributed by atoms with Gasteiger partial charge in [0, 0.05) is 10.9 Å². The van der Waals surface area contributed by atoms with Crippen molar-refractivity contribution in [2.45, 2.75) is 6.92 Å². The monoisotopic (exact) mass is 361 g/mol. The second-order valence-electron chi connectivity index (χ2n) is 7.21. The van der Waals surface area contributed by atoms with Gasteiger partial charge in [-0.15, -0.1) is 0 Å². The van der Waals surface area contributed by atoms with Gasteiger partial charge in [-0.2, -0.15) is 0 Å². The zero-order chi connectivity index (χ0) is 19.1. The molecule has 0 saturated heterocycles. The molecular formula is C26H21N2+. The second-order valence-corrected chi connectivity index (χ2v) is 7.21. The number of nitrogens with zero attached hydrogens (tertiary/aromatic N) is 2. The van der Waals surface area contributed by atoms with E-state index < -0.39 is 0 Å². The van der Waals surface area contributed by atoms with Crippen molar-refractivity contribution in [3.8, 4) is 22.6 Å². The topological polar surface area (TPSA) is 16.8 Å². The lowest BCUT2D eigenvalue weighted by atomic mass is 10.00. The van der Waals surface area contributed by atoms with E-state index in [0.717, 1.165) is 16.9 Å². The molecule has 0 spiro atoms. The van der Waals surface area contributed by atoms with E-state index in [1.165, 1.54) is 33.0 Å². The van der Waals surface area contributed by atoms with Gasteiger partial charge in [-0.3, -0.25) is 0 Å². The molecule has 2 nitrogen and oxygen atoms in total. The number of hydrogen-bond donors (Lipinski definition) is 0. The van der Waals surface area contributed by atoms with E-state index in [1.807, 2.05) is 0 Å². The van der Waals surface area contributed by atoms with Gasteiger partial charge in [0.2, 0.25) is 0 Å². The Balaban J connectivity index is 1.98. The average Bonchev–Trinajstić information content (AvgIpc) is 2.74. The van der Waals surface area contributed by atoms with Crippen LogP contribution in [-0.4, -0.2) is 4.98 Å². The largest absolute Gasteiger partial charge is 0.331 e. The molecule has 2 heteroatoms. The number of benzene rings is 4. The minimum absolute atomic E-state index is 0.987. The van der Waals surface area contributed by atoms with Crippen molar-refractivity contribution in [1.82, 2.24) is 4.98 Å². The lowest BCUT2D eigenvalue weighted by Gasteiger charge is -2.12. The average molecular weight is 361 g/mol. The van der Waals surface area contributed by atoms with Crippen LogP contribution in [0.3, 0.4) is 0 Å². The van der Waals surface area contributed by atoms with Crippen molar-refractivity contribution in [2.24, 2.45) is 7.05 Å². The highest BCUT2D eigenvalue weighted by molar-refractivity contribution is 6.08. The van der Waals surface area contributed by atoms with Crippen LogP contribution in [0.15, 0.2) is 91.0 Å². The van der Waals surface area contributed by atoms with E-state index in [4.69, 9.17) is 4.98 Å². The maximum Gasteiger partial charge on any atom is 0.331 e. The van der Waals surface area contributed by atoms with Crippen LogP contribution >= 0.6 is 0 Å². The van der Waals surface area contributed by atoms with E-state index >= 15 is 0 Å². The Hall–Kier alpha value is -3.52. The van der Waals surface area contributed by atoms with E-state index in [2.05, 4.69) is 110 Å². The molecule has 0 fully saturated rings. The van der Waals surface area contributed by atoms with Crippen LogP contribution in [-0.2, 0) is 7.05 Å². The zero-order valence-corrected chi connectivity index (χ0v) is 16.1. The minimum atomic E-state index is 0.987. The molecule has 0 atom stereocenters. The highest BCUT2D eigenvalue weighted by atomic mass is 15.0. The van der Waals surface area contributed by atoms with Gasteiger partial charge in [0.05, 0.1) is 18.0 Å². The van der Waals surface area contributed by atoms with Crippen molar-refractivity contribution in [1.29, 1.82) is 0 Å². The van der Waals surface area contributed by atoms with Gasteiger partial charge < -0.3 is 0 Å². The van der Waals surface area contributed by atoms with E-state index in [1.54, 1.807) is 0 Å². The summed E-state index contributed by atoms with van der Waals surface area (Å²) in [4.78, 5) is 5.18. The molecule has 5 aromatic rings. The molecule has 5 rings (SSSR count). The molecule has 1 aromatic heterocycles. The summed E-state index contributed by atoms with van der Waals surface area (Å²) in [7, 11) is 2.12. The fraction of sp³-hybridized carbons (Fsp3) is 0.0769. The predicted octanol–water partition coefficient (Wildman–Crippen LogP) is 5.85. The van der Waals surface area contributed by atoms with Gasteiger partial charge in [0.15, 0.2) is 5.52 Å². The highest BCUT2D eigenvalue weighted by Crippen LogP contribution is 2.32. The van der Waals surface area contributed by atoms with Gasteiger partial charge >= 0.3 is 5.82 Å². The molecular weight excluding hydrogens is 340 g/mol. The molecule has 1 heterocycles. The van der Waals surface area contributed by atoms with Crippen LogP contribution in [0.2, 0.25) is 0 Å². The first kappa shape index (κ1) is 16.6. The van der Waals surface area contributed by atoms with Crippen molar-refractivity contribution in [3.63, 3.8) is 0 Å². The van der Waals surface area contributed by atoms with Gasteiger partial charge in [-0.1, -0.05) is 72.8 Å². The normalized spacial score (nSPS) is 11.2. The van der Waals surface area contributed by atoms with Crippen LogP contribution in [0, 0.1) is 6.92 Å².